The van der Waals surface area contributed by atoms with Crippen LogP contribution in [-0.4, -0.2) is 89.4 Å². The molecular formula is C28H37FN6O5. The lowest BCUT2D eigenvalue weighted by Crippen LogP contribution is -2.50. The van der Waals surface area contributed by atoms with Gasteiger partial charge < -0.3 is 34.6 Å². The number of carbonyl (C=O) groups is 1. The normalized spacial score (nSPS) is 17.9. The Morgan fingerprint density at radius 1 is 1.30 bits per heavy atom. The fourth-order valence-electron chi connectivity index (χ4n) is 4.69. The number of carbonyl (C=O) groups excluding carboxylic acids is 1. The van der Waals surface area contributed by atoms with Crippen molar-refractivity contribution in [2.75, 3.05) is 45.2 Å². The number of aromatic nitrogens is 3. The molecule has 0 aliphatic carbocycles. The first-order valence-electron chi connectivity index (χ1n) is 13.4. The molecule has 1 unspecified atom stereocenters. The molecule has 1 saturated heterocycles. The minimum atomic E-state index is -1.32. The predicted octanol–water partition coefficient (Wildman–Crippen LogP) is 3.66. The van der Waals surface area contributed by atoms with Crippen LogP contribution in [0.3, 0.4) is 0 Å². The predicted molar refractivity (Wildman–Crippen MR) is 148 cm³/mol. The Balaban J connectivity index is 1.66. The number of amides is 1. The van der Waals surface area contributed by atoms with Crippen LogP contribution in [0, 0.1) is 20.8 Å². The number of rotatable bonds is 10. The van der Waals surface area contributed by atoms with Gasteiger partial charge in [-0.2, -0.15) is 0 Å². The maximum Gasteiger partial charge on any atom is 0.409 e. The topological polar surface area (TPSA) is 135 Å². The highest BCUT2D eigenvalue weighted by Crippen LogP contribution is 2.34. The summed E-state index contributed by atoms with van der Waals surface area (Å²) in [6, 6.07) is 6.71. The van der Waals surface area contributed by atoms with Crippen molar-refractivity contribution in [1.29, 1.82) is 0 Å². The van der Waals surface area contributed by atoms with Gasteiger partial charge in [0.25, 0.3) is 0 Å². The van der Waals surface area contributed by atoms with Crippen LogP contribution in [0.2, 0.25) is 0 Å². The van der Waals surface area contributed by atoms with E-state index in [9.17, 15) is 9.90 Å². The van der Waals surface area contributed by atoms with Crippen molar-refractivity contribution in [2.24, 2.45) is 0 Å². The summed E-state index contributed by atoms with van der Waals surface area (Å²) in [5.74, 6) is 2.05. The number of halogens is 1. The second-order valence-corrected chi connectivity index (χ2v) is 9.82. The first-order valence-corrected chi connectivity index (χ1v) is 13.4. The van der Waals surface area contributed by atoms with Gasteiger partial charge in [0.1, 0.15) is 36.2 Å². The molecule has 1 amide bonds. The summed E-state index contributed by atoms with van der Waals surface area (Å²) in [6.45, 7) is 8.32. The summed E-state index contributed by atoms with van der Waals surface area (Å²) in [5, 5.41) is 20.3. The smallest absolute Gasteiger partial charge is 0.409 e. The monoisotopic (exact) mass is 556 g/mol. The molecule has 40 heavy (non-hydrogen) atoms. The number of nitrogens with zero attached hydrogens (tertiary/aromatic N) is 4. The van der Waals surface area contributed by atoms with Gasteiger partial charge in [-0.15, -0.1) is 0 Å². The van der Waals surface area contributed by atoms with Crippen LogP contribution in [0.1, 0.15) is 30.4 Å². The third-order valence-electron chi connectivity index (χ3n) is 6.78. The fourth-order valence-corrected chi connectivity index (χ4v) is 4.69. The molecule has 1 fully saturated rings. The number of alkyl halides is 1. The number of aliphatic hydroxyl groups excluding tert-OH is 1. The highest BCUT2D eigenvalue weighted by atomic mass is 19.1. The maximum atomic E-state index is 15.3. The van der Waals surface area contributed by atoms with Crippen LogP contribution in [0.5, 0.6) is 5.75 Å². The maximum absolute atomic E-state index is 15.3. The number of hydrogen-bond acceptors (Lipinski definition) is 10. The Morgan fingerprint density at radius 2 is 2.10 bits per heavy atom. The Hall–Kier alpha value is -3.77. The zero-order chi connectivity index (χ0) is 28.8. The van der Waals surface area contributed by atoms with Crippen LogP contribution >= 0.6 is 0 Å². The Labute approximate surface area is 233 Å². The number of likely N-dealkylation sites (N-methyl/N-ethyl adjacent to an activating group) is 1. The minimum absolute atomic E-state index is 0.0665. The third-order valence-corrected chi connectivity index (χ3v) is 6.78. The van der Waals surface area contributed by atoms with Gasteiger partial charge in [0.2, 0.25) is 0 Å². The lowest BCUT2D eigenvalue weighted by molar-refractivity contribution is 0.0760. The molecule has 0 spiro atoms. The molecule has 216 valence electrons. The van der Waals surface area contributed by atoms with Gasteiger partial charge in [0, 0.05) is 24.2 Å². The highest BCUT2D eigenvalue weighted by molar-refractivity contribution is 5.75. The summed E-state index contributed by atoms with van der Waals surface area (Å²) in [4.78, 5) is 23.2. The van der Waals surface area contributed by atoms with E-state index in [1.165, 1.54) is 4.90 Å². The summed E-state index contributed by atoms with van der Waals surface area (Å²) in [5.41, 5.74) is 3.46. The van der Waals surface area contributed by atoms with Crippen molar-refractivity contribution in [1.82, 2.24) is 25.3 Å². The number of ether oxygens (including phenoxy) is 2. The van der Waals surface area contributed by atoms with Crippen molar-refractivity contribution in [3.05, 3.63) is 41.3 Å². The van der Waals surface area contributed by atoms with E-state index < -0.39 is 24.4 Å². The van der Waals surface area contributed by atoms with Gasteiger partial charge in [-0.3, -0.25) is 0 Å². The van der Waals surface area contributed by atoms with Crippen molar-refractivity contribution < 1.29 is 28.3 Å². The van der Waals surface area contributed by atoms with E-state index in [0.717, 1.165) is 11.1 Å². The SMILES string of the molecule is CCOC(=O)N1CC[C@@H](Nc2nc(-c3cccc(OCC(O)CNC)c3)nc(-c3c(C)noc3C)c2C)[C@@H](F)C1. The largest absolute Gasteiger partial charge is 0.491 e. The van der Waals surface area contributed by atoms with Crippen LogP contribution in [0.25, 0.3) is 22.6 Å². The second-order valence-electron chi connectivity index (χ2n) is 9.82. The molecule has 4 rings (SSSR count). The first kappa shape index (κ1) is 29.2. The van der Waals surface area contributed by atoms with Gasteiger partial charge in [0.15, 0.2) is 5.82 Å². The Morgan fingerprint density at radius 3 is 2.77 bits per heavy atom. The third kappa shape index (κ3) is 6.68. The molecule has 3 aromatic rings. The van der Waals surface area contributed by atoms with Gasteiger partial charge >= 0.3 is 6.09 Å². The van der Waals surface area contributed by atoms with Crippen LogP contribution < -0.4 is 15.4 Å². The lowest BCUT2D eigenvalue weighted by Gasteiger charge is -2.35. The molecule has 2 aromatic heterocycles. The molecule has 11 nitrogen and oxygen atoms in total. The average Bonchev–Trinajstić information content (AvgIpc) is 3.27. The highest BCUT2D eigenvalue weighted by Gasteiger charge is 2.33. The average molecular weight is 557 g/mol. The van der Waals surface area contributed by atoms with Crippen LogP contribution in [-0.2, 0) is 4.74 Å². The zero-order valence-electron chi connectivity index (χ0n) is 23.5. The number of hydrogen-bond donors (Lipinski definition) is 3. The molecular weight excluding hydrogens is 519 g/mol. The van der Waals surface area contributed by atoms with E-state index in [0.29, 0.717) is 59.6 Å². The summed E-state index contributed by atoms with van der Waals surface area (Å²) < 4.78 is 31.5. The standard InChI is InChI=1S/C28H37FN6O5/c1-6-38-28(37)35-11-10-23(22(29)14-35)31-26-16(2)25(24-17(3)34-40-18(24)4)32-27(33-26)19-8-7-9-21(12-19)39-15-20(36)13-30-5/h7-9,12,20,22-23,30,36H,6,10-11,13-15H2,1-5H3,(H,31,32,33)/t20?,22-,23+/m0/s1. The number of nitrogens with one attached hydrogen (secondary N) is 2. The molecule has 1 aliphatic heterocycles. The second kappa shape index (κ2) is 13.1. The molecule has 0 bridgehead atoms. The number of piperidine rings is 1. The summed E-state index contributed by atoms with van der Waals surface area (Å²) >= 11 is 0. The van der Waals surface area contributed by atoms with Crippen molar-refractivity contribution in [3.63, 3.8) is 0 Å². The molecule has 3 heterocycles. The molecule has 1 aromatic carbocycles. The van der Waals surface area contributed by atoms with E-state index in [-0.39, 0.29) is 19.8 Å². The Bertz CT molecular complexity index is 1300. The number of aliphatic hydroxyl groups is 1. The van der Waals surface area contributed by atoms with Crippen molar-refractivity contribution >= 4 is 11.9 Å². The number of anilines is 1. The zero-order valence-corrected chi connectivity index (χ0v) is 23.5. The molecule has 12 heteroatoms. The molecule has 0 radical (unpaired) electrons. The molecule has 0 saturated carbocycles. The molecule has 3 atom stereocenters. The van der Waals surface area contributed by atoms with Gasteiger partial charge in [0.05, 0.1) is 36.1 Å². The Kier molecular flexibility index (Phi) is 9.54. The van der Waals surface area contributed by atoms with E-state index in [1.54, 1.807) is 26.1 Å². The summed E-state index contributed by atoms with van der Waals surface area (Å²) in [6.07, 6.45) is -2.10. The van der Waals surface area contributed by atoms with Gasteiger partial charge in [-0.25, -0.2) is 19.2 Å². The lowest BCUT2D eigenvalue weighted by atomic mass is 10.0. The number of aryl methyl sites for hydroxylation is 2. The fraction of sp³-hybridized carbons (Fsp3) is 0.500. The minimum Gasteiger partial charge on any atom is -0.491 e. The number of likely N-dealkylation sites (tertiary alicyclic amines) is 1. The van der Waals surface area contributed by atoms with Crippen LogP contribution in [0.4, 0.5) is 15.0 Å². The van der Waals surface area contributed by atoms with E-state index in [4.69, 9.17) is 24.0 Å². The van der Waals surface area contributed by atoms with Gasteiger partial charge in [-0.1, -0.05) is 17.3 Å². The van der Waals surface area contributed by atoms with E-state index >= 15 is 4.39 Å². The molecule has 3 N–H and O–H groups in total. The summed E-state index contributed by atoms with van der Waals surface area (Å²) in [7, 11) is 1.76. The number of benzene rings is 1. The van der Waals surface area contributed by atoms with Crippen LogP contribution in [0.15, 0.2) is 28.8 Å². The quantitative estimate of drug-likeness (QED) is 0.340. The van der Waals surface area contributed by atoms with Crippen molar-refractivity contribution in [2.45, 2.75) is 52.4 Å². The first-order chi connectivity index (χ1) is 19.2. The van der Waals surface area contributed by atoms with Gasteiger partial charge in [-0.05, 0) is 53.3 Å². The van der Waals surface area contributed by atoms with E-state index in [1.807, 2.05) is 32.9 Å². The van der Waals surface area contributed by atoms with Crippen molar-refractivity contribution in [3.8, 4) is 28.4 Å². The van der Waals surface area contributed by atoms with E-state index in [2.05, 4.69) is 15.8 Å². The molecule has 1 aliphatic rings.